The van der Waals surface area contributed by atoms with E-state index in [2.05, 4.69) is 4.99 Å². The zero-order chi connectivity index (χ0) is 16.1. The van der Waals surface area contributed by atoms with E-state index in [-0.39, 0.29) is 11.7 Å². The lowest BCUT2D eigenvalue weighted by Crippen LogP contribution is -2.22. The molecule has 4 heteroatoms. The second-order valence-corrected chi connectivity index (χ2v) is 5.67. The van der Waals surface area contributed by atoms with E-state index in [4.69, 9.17) is 4.74 Å². The Morgan fingerprint density at radius 3 is 2.68 bits per heavy atom. The minimum atomic E-state index is -0.552. The van der Waals surface area contributed by atoms with E-state index in [1.165, 1.54) is 7.11 Å². The highest BCUT2D eigenvalue weighted by atomic mass is 16.5. The fourth-order valence-corrected chi connectivity index (χ4v) is 2.38. The van der Waals surface area contributed by atoms with Gasteiger partial charge < -0.3 is 9.84 Å². The van der Waals surface area contributed by atoms with Gasteiger partial charge in [-0.3, -0.25) is 4.99 Å². The number of ether oxygens (including phenoxy) is 1. The molecule has 0 spiro atoms. The van der Waals surface area contributed by atoms with Crippen molar-refractivity contribution in [3.8, 4) is 5.75 Å². The van der Waals surface area contributed by atoms with Gasteiger partial charge in [-0.1, -0.05) is 44.2 Å². The number of benzene rings is 2. The summed E-state index contributed by atoms with van der Waals surface area (Å²) in [7, 11) is 1.36. The second kappa shape index (κ2) is 7.07. The van der Waals surface area contributed by atoms with E-state index < -0.39 is 6.04 Å². The van der Waals surface area contributed by atoms with Gasteiger partial charge in [0.05, 0.1) is 7.11 Å². The first kappa shape index (κ1) is 16.0. The first-order valence-electron chi connectivity index (χ1n) is 7.34. The lowest BCUT2D eigenvalue weighted by Gasteiger charge is -2.12. The van der Waals surface area contributed by atoms with Gasteiger partial charge in [0.15, 0.2) is 0 Å². The highest BCUT2D eigenvalue weighted by molar-refractivity contribution is 6.02. The fourth-order valence-electron chi connectivity index (χ4n) is 2.38. The molecule has 0 aromatic heterocycles. The Kier molecular flexibility index (Phi) is 5.15. The Balaban J connectivity index is 2.39. The fraction of sp³-hybridized carbons (Fsp3) is 0.333. The molecule has 0 unspecified atom stereocenters. The third-order valence-corrected chi connectivity index (χ3v) is 3.50. The van der Waals surface area contributed by atoms with E-state index in [1.807, 2.05) is 44.2 Å². The number of hydrogen-bond donors (Lipinski definition) is 1. The smallest absolute Gasteiger partial charge is 0.330 e. The molecule has 0 aliphatic carbocycles. The van der Waals surface area contributed by atoms with E-state index in [0.717, 1.165) is 10.8 Å². The molecule has 0 bridgehead atoms. The molecule has 0 amide bonds. The molecule has 0 fully saturated rings. The van der Waals surface area contributed by atoms with Crippen LogP contribution in [-0.4, -0.2) is 30.4 Å². The van der Waals surface area contributed by atoms with Gasteiger partial charge in [-0.25, -0.2) is 4.79 Å². The first-order chi connectivity index (χ1) is 10.5. The number of fused-ring (bicyclic) bond motifs is 1. The lowest BCUT2D eigenvalue weighted by molar-refractivity contribution is -0.142. The third kappa shape index (κ3) is 3.64. The van der Waals surface area contributed by atoms with Gasteiger partial charge in [0.25, 0.3) is 0 Å². The van der Waals surface area contributed by atoms with Crippen LogP contribution in [0.3, 0.4) is 0 Å². The lowest BCUT2D eigenvalue weighted by atomic mass is 10.0. The van der Waals surface area contributed by atoms with E-state index in [0.29, 0.717) is 17.9 Å². The van der Waals surface area contributed by atoms with Crippen LogP contribution in [-0.2, 0) is 9.53 Å². The normalized spacial score (nSPS) is 12.9. The molecular formula is C18H21NO3. The number of phenols is 1. The average Bonchev–Trinajstić information content (AvgIpc) is 2.51. The molecule has 1 atom stereocenters. The molecule has 2 aromatic rings. The molecular weight excluding hydrogens is 278 g/mol. The summed E-state index contributed by atoms with van der Waals surface area (Å²) in [6, 6.07) is 10.7. The quantitative estimate of drug-likeness (QED) is 0.678. The van der Waals surface area contributed by atoms with Gasteiger partial charge in [-0.15, -0.1) is 0 Å². The number of rotatable bonds is 5. The van der Waals surface area contributed by atoms with Crippen molar-refractivity contribution in [2.24, 2.45) is 10.9 Å². The molecule has 4 nitrogen and oxygen atoms in total. The van der Waals surface area contributed by atoms with Crippen LogP contribution in [0.2, 0.25) is 0 Å². The molecule has 0 radical (unpaired) electrons. The molecule has 0 saturated carbocycles. The van der Waals surface area contributed by atoms with E-state index in [9.17, 15) is 9.90 Å². The number of aromatic hydroxyl groups is 1. The van der Waals surface area contributed by atoms with Gasteiger partial charge in [-0.05, 0) is 29.2 Å². The van der Waals surface area contributed by atoms with Gasteiger partial charge in [0.2, 0.25) is 0 Å². The van der Waals surface area contributed by atoms with Crippen molar-refractivity contribution < 1.29 is 14.6 Å². The Bertz CT molecular complexity index is 692. The van der Waals surface area contributed by atoms with Gasteiger partial charge in [0.1, 0.15) is 11.8 Å². The molecule has 2 aromatic carbocycles. The van der Waals surface area contributed by atoms with Crippen LogP contribution in [0, 0.1) is 5.92 Å². The van der Waals surface area contributed by atoms with Crippen molar-refractivity contribution in [3.05, 3.63) is 42.0 Å². The van der Waals surface area contributed by atoms with Gasteiger partial charge >= 0.3 is 5.97 Å². The Hall–Kier alpha value is -2.36. The van der Waals surface area contributed by atoms with Crippen molar-refractivity contribution in [1.29, 1.82) is 0 Å². The number of phenolic OH excluding ortho intramolecular Hbond substituents is 1. The zero-order valence-corrected chi connectivity index (χ0v) is 13.1. The average molecular weight is 299 g/mol. The monoisotopic (exact) mass is 299 g/mol. The second-order valence-electron chi connectivity index (χ2n) is 5.67. The van der Waals surface area contributed by atoms with Crippen molar-refractivity contribution in [2.75, 3.05) is 7.11 Å². The number of aliphatic imine (C=N–C) groups is 1. The van der Waals surface area contributed by atoms with Crippen LogP contribution in [0.25, 0.3) is 10.8 Å². The minimum absolute atomic E-state index is 0.149. The van der Waals surface area contributed by atoms with Crippen molar-refractivity contribution in [3.63, 3.8) is 0 Å². The first-order valence-corrected chi connectivity index (χ1v) is 7.34. The Morgan fingerprint density at radius 1 is 1.27 bits per heavy atom. The van der Waals surface area contributed by atoms with Crippen LogP contribution in [0.4, 0.5) is 0 Å². The highest BCUT2D eigenvalue weighted by Gasteiger charge is 2.19. The summed E-state index contributed by atoms with van der Waals surface area (Å²) in [5, 5.41) is 12.0. The molecule has 2 rings (SSSR count). The number of nitrogens with zero attached hydrogens (tertiary/aromatic N) is 1. The SMILES string of the molecule is COC(=O)[C@H](CC(C)C)N=Cc1c(O)ccc2ccccc12. The van der Waals surface area contributed by atoms with Crippen LogP contribution < -0.4 is 0 Å². The summed E-state index contributed by atoms with van der Waals surface area (Å²) in [6.45, 7) is 4.06. The van der Waals surface area contributed by atoms with Gasteiger partial charge in [-0.2, -0.15) is 0 Å². The summed E-state index contributed by atoms with van der Waals surface area (Å²) in [4.78, 5) is 16.2. The maximum absolute atomic E-state index is 11.8. The molecule has 0 aliphatic rings. The predicted molar refractivity (Wildman–Crippen MR) is 88.5 cm³/mol. The molecule has 0 heterocycles. The van der Waals surface area contributed by atoms with Crippen molar-refractivity contribution in [2.45, 2.75) is 26.3 Å². The molecule has 22 heavy (non-hydrogen) atoms. The topological polar surface area (TPSA) is 58.9 Å². The summed E-state index contributed by atoms with van der Waals surface area (Å²) in [5.74, 6) is 0.114. The largest absolute Gasteiger partial charge is 0.507 e. The zero-order valence-electron chi connectivity index (χ0n) is 13.1. The molecule has 0 aliphatic heterocycles. The number of methoxy groups -OCH3 is 1. The highest BCUT2D eigenvalue weighted by Crippen LogP contribution is 2.25. The Labute approximate surface area is 130 Å². The van der Waals surface area contributed by atoms with E-state index in [1.54, 1.807) is 12.3 Å². The van der Waals surface area contributed by atoms with Crippen molar-refractivity contribution in [1.82, 2.24) is 0 Å². The van der Waals surface area contributed by atoms with Crippen LogP contribution in [0.1, 0.15) is 25.8 Å². The molecule has 1 N–H and O–H groups in total. The standard InChI is InChI=1S/C18H21NO3/c1-12(2)10-16(18(21)22-3)19-11-15-14-7-5-4-6-13(14)8-9-17(15)20/h4-9,11-12,16,20H,10H2,1-3H3/t16-/m0/s1. The van der Waals surface area contributed by atoms with Gasteiger partial charge in [0, 0.05) is 11.8 Å². The predicted octanol–water partition coefficient (Wildman–Crippen LogP) is 3.55. The summed E-state index contributed by atoms with van der Waals surface area (Å²) in [5.41, 5.74) is 0.621. The number of carbonyl (C=O) groups excluding carboxylic acids is 1. The molecule has 0 saturated heterocycles. The summed E-state index contributed by atoms with van der Waals surface area (Å²) >= 11 is 0. The Morgan fingerprint density at radius 2 is 2.00 bits per heavy atom. The minimum Gasteiger partial charge on any atom is -0.507 e. The van der Waals surface area contributed by atoms with Crippen molar-refractivity contribution >= 4 is 23.0 Å². The maximum Gasteiger partial charge on any atom is 0.330 e. The number of esters is 1. The van der Waals surface area contributed by atoms with Crippen LogP contribution >= 0.6 is 0 Å². The summed E-state index contributed by atoms with van der Waals surface area (Å²) in [6.07, 6.45) is 2.18. The maximum atomic E-state index is 11.8. The molecule has 116 valence electrons. The number of carbonyl (C=O) groups is 1. The van der Waals surface area contributed by atoms with Crippen LogP contribution in [0.5, 0.6) is 5.75 Å². The van der Waals surface area contributed by atoms with Crippen LogP contribution in [0.15, 0.2) is 41.4 Å². The van der Waals surface area contributed by atoms with E-state index >= 15 is 0 Å². The summed E-state index contributed by atoms with van der Waals surface area (Å²) < 4.78 is 4.80. The number of hydrogen-bond acceptors (Lipinski definition) is 4. The third-order valence-electron chi connectivity index (χ3n) is 3.50.